The maximum absolute atomic E-state index is 11.4. The lowest BCUT2D eigenvalue weighted by molar-refractivity contribution is 0.591. The number of rotatable bonds is 1. The van der Waals surface area contributed by atoms with E-state index in [4.69, 9.17) is 5.73 Å². The Kier molecular flexibility index (Phi) is 2.90. The first kappa shape index (κ1) is 12.3. The van der Waals surface area contributed by atoms with Crippen LogP contribution in [-0.4, -0.2) is 15.0 Å². The number of benzene rings is 1. The van der Waals surface area contributed by atoms with Crippen LogP contribution in [0.3, 0.4) is 0 Å². The molecule has 0 saturated carbocycles. The lowest BCUT2D eigenvalue weighted by Gasteiger charge is -2.22. The first-order valence-corrected chi connectivity index (χ1v) is 5.71. The molecular formula is C13H16N4O. The molecule has 0 amide bonds. The van der Waals surface area contributed by atoms with Crippen LogP contribution in [-0.2, 0) is 5.41 Å². The minimum atomic E-state index is -0.485. The van der Waals surface area contributed by atoms with Crippen LogP contribution in [0.4, 0.5) is 5.95 Å². The fraction of sp³-hybridized carbons (Fsp3) is 0.308. The molecule has 3 N–H and O–H groups in total. The second kappa shape index (κ2) is 4.25. The number of nitrogens with one attached hydrogen (secondary N) is 1. The molecule has 1 aromatic carbocycles. The summed E-state index contributed by atoms with van der Waals surface area (Å²) in [7, 11) is 0. The quantitative estimate of drug-likeness (QED) is 0.799. The summed E-state index contributed by atoms with van der Waals surface area (Å²) in [6.45, 7) is 6.32. The zero-order valence-corrected chi connectivity index (χ0v) is 10.7. The molecule has 1 aromatic heterocycles. The van der Waals surface area contributed by atoms with Crippen LogP contribution in [0.15, 0.2) is 29.1 Å². The average molecular weight is 244 g/mol. The van der Waals surface area contributed by atoms with Gasteiger partial charge in [0, 0.05) is 5.56 Å². The van der Waals surface area contributed by atoms with Crippen LogP contribution in [0.2, 0.25) is 0 Å². The van der Waals surface area contributed by atoms with Crippen molar-refractivity contribution in [2.75, 3.05) is 5.73 Å². The summed E-state index contributed by atoms with van der Waals surface area (Å²) in [5.41, 5.74) is 6.95. The van der Waals surface area contributed by atoms with Gasteiger partial charge in [0.2, 0.25) is 5.95 Å². The van der Waals surface area contributed by atoms with Crippen molar-refractivity contribution >= 4 is 5.95 Å². The summed E-state index contributed by atoms with van der Waals surface area (Å²) >= 11 is 0. The van der Waals surface area contributed by atoms with Crippen LogP contribution >= 0.6 is 0 Å². The number of nitrogens with zero attached hydrogens (tertiary/aromatic N) is 2. The van der Waals surface area contributed by atoms with Gasteiger partial charge in [0.1, 0.15) is 5.82 Å². The number of anilines is 1. The van der Waals surface area contributed by atoms with Crippen molar-refractivity contribution in [1.82, 2.24) is 15.0 Å². The minimum Gasteiger partial charge on any atom is -0.368 e. The van der Waals surface area contributed by atoms with E-state index in [9.17, 15) is 4.79 Å². The predicted octanol–water partition coefficient (Wildman–Crippen LogP) is 1.71. The Labute approximate surface area is 105 Å². The van der Waals surface area contributed by atoms with Crippen LogP contribution < -0.4 is 11.4 Å². The van der Waals surface area contributed by atoms with Crippen molar-refractivity contribution in [2.24, 2.45) is 0 Å². The van der Waals surface area contributed by atoms with Gasteiger partial charge in [-0.2, -0.15) is 9.97 Å². The van der Waals surface area contributed by atoms with E-state index in [2.05, 4.69) is 35.7 Å². The topological polar surface area (TPSA) is 84.7 Å². The molecule has 2 aromatic rings. The molecule has 5 heteroatoms. The van der Waals surface area contributed by atoms with Gasteiger partial charge in [0.25, 0.3) is 0 Å². The minimum absolute atomic E-state index is 0.0162. The second-order valence-corrected chi connectivity index (χ2v) is 5.16. The van der Waals surface area contributed by atoms with E-state index in [1.165, 1.54) is 0 Å². The van der Waals surface area contributed by atoms with Crippen LogP contribution in [0.5, 0.6) is 0 Å². The third-order valence-electron chi connectivity index (χ3n) is 2.66. The van der Waals surface area contributed by atoms with Crippen molar-refractivity contribution in [3.8, 4) is 11.4 Å². The van der Waals surface area contributed by atoms with Crippen molar-refractivity contribution < 1.29 is 0 Å². The van der Waals surface area contributed by atoms with Crippen LogP contribution in [0.1, 0.15) is 26.3 Å². The molecule has 0 aliphatic heterocycles. The van der Waals surface area contributed by atoms with Crippen LogP contribution in [0, 0.1) is 0 Å². The summed E-state index contributed by atoms with van der Waals surface area (Å²) in [5.74, 6) is 0.440. The molecule has 5 nitrogen and oxygen atoms in total. The monoisotopic (exact) mass is 244 g/mol. The highest BCUT2D eigenvalue weighted by Gasteiger charge is 2.19. The van der Waals surface area contributed by atoms with E-state index in [1.807, 2.05) is 24.3 Å². The average Bonchev–Trinajstić information content (AvgIpc) is 2.26. The zero-order valence-electron chi connectivity index (χ0n) is 10.7. The molecule has 0 saturated heterocycles. The lowest BCUT2D eigenvalue weighted by atomic mass is 9.83. The van der Waals surface area contributed by atoms with Gasteiger partial charge in [0.05, 0.1) is 0 Å². The van der Waals surface area contributed by atoms with Crippen LogP contribution in [0.25, 0.3) is 11.4 Å². The van der Waals surface area contributed by atoms with Gasteiger partial charge in [0.15, 0.2) is 0 Å². The van der Waals surface area contributed by atoms with E-state index in [1.54, 1.807) is 0 Å². The van der Waals surface area contributed by atoms with Gasteiger partial charge >= 0.3 is 5.69 Å². The van der Waals surface area contributed by atoms with Gasteiger partial charge in [-0.25, -0.2) is 4.79 Å². The smallest absolute Gasteiger partial charge is 0.349 e. The van der Waals surface area contributed by atoms with E-state index >= 15 is 0 Å². The zero-order chi connectivity index (χ0) is 13.3. The highest BCUT2D eigenvalue weighted by Crippen LogP contribution is 2.30. The van der Waals surface area contributed by atoms with E-state index < -0.39 is 5.69 Å². The molecule has 2 rings (SSSR count). The molecule has 1 heterocycles. The highest BCUT2D eigenvalue weighted by atomic mass is 16.1. The molecule has 0 spiro atoms. The standard InChI is InChI=1S/C13H16N4O/c1-13(2,3)9-7-5-4-6-8(9)10-15-11(14)17-12(18)16-10/h4-7H,1-3H3,(H3,14,15,16,17,18). The molecule has 18 heavy (non-hydrogen) atoms. The number of nitrogens with two attached hydrogens (primary N) is 1. The number of H-pyrrole nitrogens is 1. The Balaban J connectivity index is 2.68. The van der Waals surface area contributed by atoms with Gasteiger partial charge in [-0.3, -0.25) is 4.98 Å². The molecule has 0 aliphatic rings. The van der Waals surface area contributed by atoms with Crippen molar-refractivity contribution in [1.29, 1.82) is 0 Å². The van der Waals surface area contributed by atoms with Gasteiger partial charge in [-0.1, -0.05) is 45.0 Å². The highest BCUT2D eigenvalue weighted by molar-refractivity contribution is 5.62. The number of aromatic amines is 1. The lowest BCUT2D eigenvalue weighted by Crippen LogP contribution is -2.18. The number of aromatic nitrogens is 3. The molecule has 94 valence electrons. The maximum Gasteiger partial charge on any atom is 0.349 e. The summed E-state index contributed by atoms with van der Waals surface area (Å²) < 4.78 is 0. The number of hydrogen-bond acceptors (Lipinski definition) is 4. The molecular weight excluding hydrogens is 228 g/mol. The fourth-order valence-electron chi connectivity index (χ4n) is 1.87. The van der Waals surface area contributed by atoms with Gasteiger partial charge < -0.3 is 5.73 Å². The van der Waals surface area contributed by atoms with Crippen molar-refractivity contribution in [2.45, 2.75) is 26.2 Å². The second-order valence-electron chi connectivity index (χ2n) is 5.16. The third-order valence-corrected chi connectivity index (χ3v) is 2.66. The Morgan fingerprint density at radius 1 is 1.17 bits per heavy atom. The van der Waals surface area contributed by atoms with Crippen molar-refractivity contribution in [3.05, 3.63) is 40.3 Å². The first-order valence-electron chi connectivity index (χ1n) is 5.71. The van der Waals surface area contributed by atoms with E-state index in [0.29, 0.717) is 5.82 Å². The van der Waals surface area contributed by atoms with Crippen molar-refractivity contribution in [3.63, 3.8) is 0 Å². The molecule has 0 aliphatic carbocycles. The van der Waals surface area contributed by atoms with Gasteiger partial charge in [-0.15, -0.1) is 0 Å². The first-order chi connectivity index (χ1) is 8.38. The Hall–Kier alpha value is -2.17. The maximum atomic E-state index is 11.4. The number of hydrogen-bond donors (Lipinski definition) is 2. The molecule has 0 fully saturated rings. The molecule has 0 unspecified atom stereocenters. The predicted molar refractivity (Wildman–Crippen MR) is 71.2 cm³/mol. The SMILES string of the molecule is CC(C)(C)c1ccccc1-c1nc(N)nc(=O)[nH]1. The summed E-state index contributed by atoms with van der Waals surface area (Å²) in [5, 5.41) is 0. The normalized spacial score (nSPS) is 11.5. The molecule has 0 radical (unpaired) electrons. The number of nitrogen functional groups attached to an aromatic ring is 1. The largest absolute Gasteiger partial charge is 0.368 e. The summed E-state index contributed by atoms with van der Waals surface area (Å²) in [4.78, 5) is 21.6. The molecule has 0 atom stereocenters. The third kappa shape index (κ3) is 2.40. The Bertz CT molecular complexity index is 625. The Morgan fingerprint density at radius 3 is 2.44 bits per heavy atom. The fourth-order valence-corrected chi connectivity index (χ4v) is 1.87. The Morgan fingerprint density at radius 2 is 1.83 bits per heavy atom. The van der Waals surface area contributed by atoms with Gasteiger partial charge in [-0.05, 0) is 11.0 Å². The summed E-state index contributed by atoms with van der Waals surface area (Å²) in [6.07, 6.45) is 0. The van der Waals surface area contributed by atoms with E-state index in [-0.39, 0.29) is 11.4 Å². The molecule has 0 bridgehead atoms. The summed E-state index contributed by atoms with van der Waals surface area (Å²) in [6, 6.07) is 7.80. The van der Waals surface area contributed by atoms with E-state index in [0.717, 1.165) is 11.1 Å².